The zero-order valence-electron chi connectivity index (χ0n) is 25.7. The van der Waals surface area contributed by atoms with Gasteiger partial charge >= 0.3 is 0 Å². The molecule has 2 aromatic heterocycles. The molecule has 0 spiro atoms. The second kappa shape index (κ2) is 9.59. The van der Waals surface area contributed by atoms with E-state index in [1.807, 2.05) is 0 Å². The lowest BCUT2D eigenvalue weighted by molar-refractivity contribution is 0.0697. The van der Waals surface area contributed by atoms with Crippen molar-refractivity contribution in [3.05, 3.63) is 156 Å². The van der Waals surface area contributed by atoms with Crippen LogP contribution in [0.5, 0.6) is 0 Å². The van der Waals surface area contributed by atoms with Crippen LogP contribution in [0.3, 0.4) is 0 Å². The summed E-state index contributed by atoms with van der Waals surface area (Å²) in [5.41, 5.74) is 12.8. The van der Waals surface area contributed by atoms with Gasteiger partial charge in [-0.05, 0) is 90.2 Å². The van der Waals surface area contributed by atoms with Gasteiger partial charge in [-0.15, -0.1) is 0 Å². The molecular formula is C42H32N2O2. The fraction of sp³-hybridized carbons (Fsp3) is 0.143. The van der Waals surface area contributed by atoms with E-state index < -0.39 is 0 Å². The molecule has 1 aliphatic carbocycles. The van der Waals surface area contributed by atoms with Gasteiger partial charge in [-0.25, -0.2) is 0 Å². The third-order valence-corrected chi connectivity index (χ3v) is 10.2. The van der Waals surface area contributed by atoms with Crippen LogP contribution in [0, 0.1) is 19.8 Å². The number of furan rings is 1. The van der Waals surface area contributed by atoms with Gasteiger partial charge in [0.25, 0.3) is 0 Å². The van der Waals surface area contributed by atoms with Crippen molar-refractivity contribution in [3.8, 4) is 5.69 Å². The van der Waals surface area contributed by atoms with Gasteiger partial charge in [0, 0.05) is 39.7 Å². The summed E-state index contributed by atoms with van der Waals surface area (Å²) in [7, 11) is 0. The van der Waals surface area contributed by atoms with Crippen molar-refractivity contribution in [2.75, 3.05) is 4.90 Å². The van der Waals surface area contributed by atoms with Crippen LogP contribution in [-0.2, 0) is 4.74 Å². The number of nitrogens with zero attached hydrogens (tertiary/aromatic N) is 2. The van der Waals surface area contributed by atoms with E-state index in [4.69, 9.17) is 9.15 Å². The number of benzene rings is 5. The standard InChI is InChI=1S/C42H32N2O2/c1-25-13-17-31-35(21-25)43(29-9-5-3-6-10-29)41-39(31)33-23-27(15-19-37(33)45-41)28-16-20-38-34(24-28)40-32-18-14-26(2)22-36(32)44(42(40)46-38)30-11-7-4-8-12-30/h3-24,33,37,39,41H,1-2H3. The number of hydrogen-bond donors (Lipinski definition) is 0. The monoisotopic (exact) mass is 596 g/mol. The highest BCUT2D eigenvalue weighted by atomic mass is 16.5. The summed E-state index contributed by atoms with van der Waals surface area (Å²) in [4.78, 5) is 2.41. The molecule has 7 aromatic rings. The first-order valence-electron chi connectivity index (χ1n) is 16.2. The van der Waals surface area contributed by atoms with Crippen molar-refractivity contribution in [2.24, 2.45) is 5.92 Å². The quantitative estimate of drug-likeness (QED) is 0.203. The van der Waals surface area contributed by atoms with Crippen molar-refractivity contribution in [1.82, 2.24) is 4.57 Å². The molecule has 2 aliphatic heterocycles. The Morgan fingerprint density at radius 2 is 1.46 bits per heavy atom. The van der Waals surface area contributed by atoms with Gasteiger partial charge in [0.2, 0.25) is 5.71 Å². The molecule has 10 rings (SSSR count). The SMILES string of the molecule is Cc1ccc2c(c1)N(c1ccccc1)C1OC3C=CC(c4ccc5oc6c(c5c4)c4ccc(C)cc4n6-c4ccccc4)=CC3C21. The van der Waals surface area contributed by atoms with Crippen LogP contribution in [0.2, 0.25) is 0 Å². The van der Waals surface area contributed by atoms with Crippen molar-refractivity contribution in [1.29, 1.82) is 0 Å². The first-order valence-corrected chi connectivity index (χ1v) is 16.2. The second-order valence-corrected chi connectivity index (χ2v) is 13.0. The van der Waals surface area contributed by atoms with Gasteiger partial charge in [-0.1, -0.05) is 85.0 Å². The Morgan fingerprint density at radius 3 is 2.28 bits per heavy atom. The van der Waals surface area contributed by atoms with Crippen LogP contribution in [0.25, 0.3) is 44.2 Å². The van der Waals surface area contributed by atoms with Gasteiger partial charge in [0.05, 0.1) is 17.0 Å². The van der Waals surface area contributed by atoms with Crippen LogP contribution in [0.1, 0.15) is 28.2 Å². The first-order chi connectivity index (χ1) is 22.6. The van der Waals surface area contributed by atoms with Gasteiger partial charge in [0.15, 0.2) is 0 Å². The highest BCUT2D eigenvalue weighted by Gasteiger charge is 2.52. The summed E-state index contributed by atoms with van der Waals surface area (Å²) in [6.07, 6.45) is 6.98. The lowest BCUT2D eigenvalue weighted by atomic mass is 9.80. The Bertz CT molecular complexity index is 2400. The summed E-state index contributed by atoms with van der Waals surface area (Å²) in [6, 6.07) is 41.4. The number of para-hydroxylation sites is 2. The van der Waals surface area contributed by atoms with E-state index >= 15 is 0 Å². The van der Waals surface area contributed by atoms with E-state index in [0.29, 0.717) is 0 Å². The summed E-state index contributed by atoms with van der Waals surface area (Å²) in [6.45, 7) is 4.32. The van der Waals surface area contributed by atoms with E-state index in [-0.39, 0.29) is 24.2 Å². The molecule has 0 bridgehead atoms. The summed E-state index contributed by atoms with van der Waals surface area (Å²) < 4.78 is 15.8. The van der Waals surface area contributed by atoms with Crippen LogP contribution < -0.4 is 4.90 Å². The molecule has 4 heteroatoms. The third-order valence-electron chi connectivity index (χ3n) is 10.2. The number of hydrogen-bond acceptors (Lipinski definition) is 3. The minimum Gasteiger partial charge on any atom is -0.439 e. The third kappa shape index (κ3) is 3.65. The molecule has 4 heterocycles. The Labute approximate surface area is 267 Å². The number of aryl methyl sites for hydroxylation is 2. The van der Waals surface area contributed by atoms with Crippen LogP contribution in [-0.4, -0.2) is 16.9 Å². The maximum atomic E-state index is 6.86. The number of allylic oxidation sites excluding steroid dienone is 2. The Kier molecular flexibility index (Phi) is 5.41. The molecule has 4 atom stereocenters. The Hall–Kier alpha value is -5.32. The molecule has 0 saturated carbocycles. The highest BCUT2D eigenvalue weighted by Crippen LogP contribution is 2.56. The molecule has 4 unspecified atom stereocenters. The second-order valence-electron chi connectivity index (χ2n) is 13.0. The smallest absolute Gasteiger partial charge is 0.213 e. The molecule has 1 fully saturated rings. The molecule has 0 N–H and O–H groups in total. The number of rotatable bonds is 3. The van der Waals surface area contributed by atoms with Crippen LogP contribution >= 0.6 is 0 Å². The van der Waals surface area contributed by atoms with Gasteiger partial charge in [0.1, 0.15) is 11.8 Å². The predicted octanol–water partition coefficient (Wildman–Crippen LogP) is 10.4. The number of anilines is 2. The zero-order valence-corrected chi connectivity index (χ0v) is 25.7. The molecule has 4 nitrogen and oxygen atoms in total. The minimum absolute atomic E-state index is 0.0378. The minimum atomic E-state index is -0.0435. The lowest BCUT2D eigenvalue weighted by Crippen LogP contribution is -2.29. The van der Waals surface area contributed by atoms with Crippen molar-refractivity contribution in [2.45, 2.75) is 32.1 Å². The topological polar surface area (TPSA) is 30.5 Å². The maximum absolute atomic E-state index is 6.86. The summed E-state index contributed by atoms with van der Waals surface area (Å²) >= 11 is 0. The molecule has 3 aliphatic rings. The number of fused-ring (bicyclic) bond motifs is 10. The zero-order chi connectivity index (χ0) is 30.5. The van der Waals surface area contributed by atoms with Crippen molar-refractivity contribution >= 4 is 49.9 Å². The maximum Gasteiger partial charge on any atom is 0.213 e. The Balaban J connectivity index is 1.10. The van der Waals surface area contributed by atoms with Gasteiger partial charge < -0.3 is 14.1 Å². The lowest BCUT2D eigenvalue weighted by Gasteiger charge is -2.27. The molecular weight excluding hydrogens is 564 g/mol. The largest absolute Gasteiger partial charge is 0.439 e. The molecule has 5 aromatic carbocycles. The van der Waals surface area contributed by atoms with Crippen LogP contribution in [0.4, 0.5) is 11.4 Å². The number of aromatic nitrogens is 1. The average Bonchev–Trinajstić information content (AvgIpc) is 3.80. The molecule has 1 saturated heterocycles. The van der Waals surface area contributed by atoms with Gasteiger partial charge in [-0.2, -0.15) is 0 Å². The number of ether oxygens (including phenoxy) is 1. The van der Waals surface area contributed by atoms with E-state index in [1.165, 1.54) is 50.1 Å². The fourth-order valence-corrected chi connectivity index (χ4v) is 8.16. The van der Waals surface area contributed by atoms with E-state index in [9.17, 15) is 0 Å². The Morgan fingerprint density at radius 1 is 0.696 bits per heavy atom. The first kappa shape index (κ1) is 26.0. The molecule has 222 valence electrons. The molecule has 46 heavy (non-hydrogen) atoms. The normalized spacial score (nSPS) is 21.6. The average molecular weight is 597 g/mol. The predicted molar refractivity (Wildman–Crippen MR) is 187 cm³/mol. The van der Waals surface area contributed by atoms with Crippen molar-refractivity contribution in [3.63, 3.8) is 0 Å². The van der Waals surface area contributed by atoms with Gasteiger partial charge in [-0.3, -0.25) is 4.57 Å². The fourth-order valence-electron chi connectivity index (χ4n) is 8.16. The molecule has 0 amide bonds. The van der Waals surface area contributed by atoms with E-state index in [1.54, 1.807) is 0 Å². The van der Waals surface area contributed by atoms with E-state index in [0.717, 1.165) is 27.8 Å². The van der Waals surface area contributed by atoms with E-state index in [2.05, 4.69) is 157 Å². The summed E-state index contributed by atoms with van der Waals surface area (Å²) in [5.74, 6) is 0.486. The van der Waals surface area contributed by atoms with Crippen LogP contribution in [0.15, 0.2) is 138 Å². The van der Waals surface area contributed by atoms with Crippen molar-refractivity contribution < 1.29 is 9.15 Å². The summed E-state index contributed by atoms with van der Waals surface area (Å²) in [5, 5.41) is 3.52. The molecule has 0 radical (unpaired) electrons. The highest BCUT2D eigenvalue weighted by molar-refractivity contribution is 6.20.